The first-order valence-electron chi connectivity index (χ1n) is 8.95. The van der Waals surface area contributed by atoms with Crippen molar-refractivity contribution in [2.75, 3.05) is 24.6 Å². The molecule has 0 aliphatic carbocycles. The van der Waals surface area contributed by atoms with E-state index < -0.39 is 17.6 Å². The lowest BCUT2D eigenvalue weighted by Crippen LogP contribution is -2.26. The summed E-state index contributed by atoms with van der Waals surface area (Å²) in [6.07, 6.45) is -3.32. The fourth-order valence-electron chi connectivity index (χ4n) is 2.39. The van der Waals surface area contributed by atoms with Crippen molar-refractivity contribution in [2.45, 2.75) is 26.9 Å². The molecule has 1 aromatic carbocycles. The molecule has 0 fully saturated rings. The molecule has 0 atom stereocenters. The molecule has 0 aliphatic heterocycles. The average Bonchev–Trinajstić information content (AvgIpc) is 2.67. The van der Waals surface area contributed by atoms with Gasteiger partial charge in [-0.25, -0.2) is 10.4 Å². The molecule has 1 amide bonds. The lowest BCUT2D eigenvalue weighted by molar-refractivity contribution is -0.137. The summed E-state index contributed by atoms with van der Waals surface area (Å²) in [5.74, 6) is 0.179. The number of nitrogens with zero attached hydrogens (tertiary/aromatic N) is 4. The van der Waals surface area contributed by atoms with Crippen LogP contribution in [0.2, 0.25) is 0 Å². The molecule has 0 radical (unpaired) electrons. The number of benzene rings is 1. The van der Waals surface area contributed by atoms with Crippen LogP contribution in [0.4, 0.5) is 19.1 Å². The number of ether oxygens (including phenoxy) is 1. The standard InChI is InChI=1S/C19H22F3N5O2/c1-4-27(5-2)18-24-13(3)9-17(25-18)29-12-16(28)26-23-11-14-7-6-8-15(10-14)19(20,21)22/h6-11H,4-5,12H2,1-3H3,(H,26,28). The summed E-state index contributed by atoms with van der Waals surface area (Å²) in [6.45, 7) is 6.85. The van der Waals surface area contributed by atoms with E-state index >= 15 is 0 Å². The molecule has 2 aromatic rings. The fourth-order valence-corrected chi connectivity index (χ4v) is 2.39. The summed E-state index contributed by atoms with van der Waals surface area (Å²) < 4.78 is 43.4. The summed E-state index contributed by atoms with van der Waals surface area (Å²) in [5, 5.41) is 3.65. The molecule has 1 N–H and O–H groups in total. The summed E-state index contributed by atoms with van der Waals surface area (Å²) >= 11 is 0. The summed E-state index contributed by atoms with van der Waals surface area (Å²) in [5.41, 5.74) is 2.31. The Hall–Kier alpha value is -3.17. The molecule has 0 bridgehead atoms. The Labute approximate surface area is 166 Å². The molecule has 7 nitrogen and oxygen atoms in total. The van der Waals surface area contributed by atoms with E-state index in [4.69, 9.17) is 4.74 Å². The number of alkyl halides is 3. The van der Waals surface area contributed by atoms with E-state index in [-0.39, 0.29) is 18.1 Å². The molecule has 0 saturated heterocycles. The van der Waals surface area contributed by atoms with Gasteiger partial charge in [0.15, 0.2) is 6.61 Å². The normalized spacial score (nSPS) is 11.5. The van der Waals surface area contributed by atoms with Crippen LogP contribution in [0, 0.1) is 6.92 Å². The van der Waals surface area contributed by atoms with E-state index in [0.717, 1.165) is 31.4 Å². The zero-order chi connectivity index (χ0) is 21.4. The first-order chi connectivity index (χ1) is 13.7. The second-order valence-corrected chi connectivity index (χ2v) is 6.02. The highest BCUT2D eigenvalue weighted by Gasteiger charge is 2.30. The second kappa shape index (κ2) is 9.85. The zero-order valence-electron chi connectivity index (χ0n) is 16.3. The van der Waals surface area contributed by atoms with Crippen LogP contribution in [-0.2, 0) is 11.0 Å². The molecular weight excluding hydrogens is 387 g/mol. The van der Waals surface area contributed by atoms with Gasteiger partial charge in [0, 0.05) is 24.8 Å². The molecule has 156 valence electrons. The van der Waals surface area contributed by atoms with Crippen LogP contribution >= 0.6 is 0 Å². The number of amides is 1. The van der Waals surface area contributed by atoms with Crippen LogP contribution in [-0.4, -0.2) is 41.8 Å². The smallest absolute Gasteiger partial charge is 0.416 e. The third kappa shape index (κ3) is 6.74. The monoisotopic (exact) mass is 409 g/mol. The fraction of sp³-hybridized carbons (Fsp3) is 0.368. The van der Waals surface area contributed by atoms with Crippen molar-refractivity contribution in [1.29, 1.82) is 0 Å². The van der Waals surface area contributed by atoms with Gasteiger partial charge in [-0.05, 0) is 38.5 Å². The summed E-state index contributed by atoms with van der Waals surface area (Å²) in [4.78, 5) is 22.4. The first-order valence-corrected chi connectivity index (χ1v) is 8.95. The number of hydrogen-bond donors (Lipinski definition) is 1. The minimum atomic E-state index is -4.44. The summed E-state index contributed by atoms with van der Waals surface area (Å²) in [6, 6.07) is 6.20. The number of hydrazone groups is 1. The molecule has 0 unspecified atom stereocenters. The van der Waals surface area contributed by atoms with Crippen LogP contribution in [0.5, 0.6) is 5.88 Å². The van der Waals surface area contributed by atoms with Gasteiger partial charge in [0.05, 0.1) is 11.8 Å². The van der Waals surface area contributed by atoms with Gasteiger partial charge in [0.25, 0.3) is 5.91 Å². The van der Waals surface area contributed by atoms with Gasteiger partial charge in [-0.15, -0.1) is 0 Å². The van der Waals surface area contributed by atoms with E-state index in [0.29, 0.717) is 11.6 Å². The number of anilines is 1. The summed E-state index contributed by atoms with van der Waals surface area (Å²) in [7, 11) is 0. The number of halogens is 3. The van der Waals surface area contributed by atoms with Gasteiger partial charge in [-0.2, -0.15) is 23.3 Å². The van der Waals surface area contributed by atoms with Gasteiger partial charge in [0.2, 0.25) is 11.8 Å². The first kappa shape index (κ1) is 22.1. The Bertz CT molecular complexity index is 867. The molecule has 0 saturated carbocycles. The van der Waals surface area contributed by atoms with E-state index in [2.05, 4.69) is 20.5 Å². The van der Waals surface area contributed by atoms with Crippen molar-refractivity contribution in [3.63, 3.8) is 0 Å². The molecule has 0 spiro atoms. The van der Waals surface area contributed by atoms with Crippen molar-refractivity contribution in [2.24, 2.45) is 5.10 Å². The number of nitrogens with one attached hydrogen (secondary N) is 1. The van der Waals surface area contributed by atoms with Crippen LogP contribution in [0.1, 0.15) is 30.7 Å². The predicted octanol–water partition coefficient (Wildman–Crippen LogP) is 3.18. The molecule has 1 aromatic heterocycles. The average molecular weight is 409 g/mol. The molecule has 1 heterocycles. The topological polar surface area (TPSA) is 79.7 Å². The third-order valence-corrected chi connectivity index (χ3v) is 3.83. The highest BCUT2D eigenvalue weighted by atomic mass is 19.4. The minimum absolute atomic E-state index is 0.205. The predicted molar refractivity (Wildman–Crippen MR) is 103 cm³/mol. The van der Waals surface area contributed by atoms with Crippen LogP contribution in [0.15, 0.2) is 35.4 Å². The second-order valence-electron chi connectivity index (χ2n) is 6.02. The Morgan fingerprint density at radius 1 is 1.24 bits per heavy atom. The zero-order valence-corrected chi connectivity index (χ0v) is 16.3. The lowest BCUT2D eigenvalue weighted by Gasteiger charge is -2.19. The Morgan fingerprint density at radius 3 is 2.62 bits per heavy atom. The maximum Gasteiger partial charge on any atom is 0.416 e. The van der Waals surface area contributed by atoms with Crippen molar-refractivity contribution < 1.29 is 22.7 Å². The number of carbonyl (C=O) groups is 1. The van der Waals surface area contributed by atoms with Crippen LogP contribution < -0.4 is 15.1 Å². The van der Waals surface area contributed by atoms with Gasteiger partial charge < -0.3 is 9.64 Å². The number of rotatable bonds is 8. The van der Waals surface area contributed by atoms with Gasteiger partial charge >= 0.3 is 6.18 Å². The van der Waals surface area contributed by atoms with Gasteiger partial charge in [-0.3, -0.25) is 4.79 Å². The molecular formula is C19H22F3N5O2. The molecule has 29 heavy (non-hydrogen) atoms. The van der Waals surface area contributed by atoms with E-state index in [1.165, 1.54) is 12.1 Å². The number of hydrogen-bond acceptors (Lipinski definition) is 6. The lowest BCUT2D eigenvalue weighted by atomic mass is 10.1. The molecule has 2 rings (SSSR count). The van der Waals surface area contributed by atoms with Crippen molar-refractivity contribution >= 4 is 18.1 Å². The maximum absolute atomic E-state index is 12.7. The highest BCUT2D eigenvalue weighted by molar-refractivity contribution is 5.83. The van der Waals surface area contributed by atoms with Crippen LogP contribution in [0.25, 0.3) is 0 Å². The van der Waals surface area contributed by atoms with Gasteiger partial charge in [0.1, 0.15) is 0 Å². The minimum Gasteiger partial charge on any atom is -0.467 e. The maximum atomic E-state index is 12.7. The van der Waals surface area contributed by atoms with Crippen molar-refractivity contribution in [1.82, 2.24) is 15.4 Å². The van der Waals surface area contributed by atoms with Crippen molar-refractivity contribution in [3.05, 3.63) is 47.2 Å². The van der Waals surface area contributed by atoms with E-state index in [9.17, 15) is 18.0 Å². The number of carbonyl (C=O) groups excluding carboxylic acids is 1. The Morgan fingerprint density at radius 2 is 1.97 bits per heavy atom. The quantitative estimate of drug-likeness (QED) is 0.535. The number of aromatic nitrogens is 2. The largest absolute Gasteiger partial charge is 0.467 e. The Balaban J connectivity index is 1.93. The Kier molecular flexibility index (Phi) is 7.52. The molecule has 0 aliphatic rings. The third-order valence-electron chi connectivity index (χ3n) is 3.83. The highest BCUT2D eigenvalue weighted by Crippen LogP contribution is 2.29. The van der Waals surface area contributed by atoms with E-state index in [1.807, 2.05) is 18.7 Å². The SMILES string of the molecule is CCN(CC)c1nc(C)cc(OCC(=O)NN=Cc2cccc(C(F)(F)F)c2)n1. The number of aryl methyl sites for hydroxylation is 1. The van der Waals surface area contributed by atoms with Crippen molar-refractivity contribution in [3.8, 4) is 5.88 Å². The van der Waals surface area contributed by atoms with E-state index in [1.54, 1.807) is 13.0 Å². The molecule has 10 heteroatoms. The van der Waals surface area contributed by atoms with Gasteiger partial charge in [-0.1, -0.05) is 12.1 Å². The van der Waals surface area contributed by atoms with Crippen LogP contribution in [0.3, 0.4) is 0 Å².